The topological polar surface area (TPSA) is 65.3 Å². The predicted molar refractivity (Wildman–Crippen MR) is 54.5 cm³/mol. The van der Waals surface area contributed by atoms with Crippen LogP contribution in [0.1, 0.15) is 12.5 Å². The molecule has 0 saturated carbocycles. The third kappa shape index (κ3) is 2.01. The van der Waals surface area contributed by atoms with Gasteiger partial charge >= 0.3 is 5.69 Å². The molecule has 0 bridgehead atoms. The summed E-state index contributed by atoms with van der Waals surface area (Å²) in [4.78, 5) is 14.1. The molecule has 0 N–H and O–H groups in total. The van der Waals surface area contributed by atoms with Crippen molar-refractivity contribution in [1.82, 2.24) is 4.98 Å². The van der Waals surface area contributed by atoms with E-state index in [1.165, 1.54) is 6.20 Å². The van der Waals surface area contributed by atoms with Crippen LogP contribution in [-0.2, 0) is 0 Å². The fraction of sp³-hybridized carbons (Fsp3) is 0.375. The molecule has 6 heteroatoms. The molecule has 76 valence electrons. The lowest BCUT2D eigenvalue weighted by atomic mass is 10.2. The molecule has 14 heavy (non-hydrogen) atoms. The van der Waals surface area contributed by atoms with E-state index in [9.17, 15) is 10.1 Å². The average molecular weight is 261 g/mol. The van der Waals surface area contributed by atoms with E-state index >= 15 is 0 Å². The standard InChI is InChI=1S/C8H9BrN2O3/c1-3-14-8-7(11(12)13)5(2)6(9)4-10-8/h4H,3H2,1-2H3. The van der Waals surface area contributed by atoms with E-state index < -0.39 is 4.92 Å². The molecule has 0 aliphatic rings. The van der Waals surface area contributed by atoms with Crippen LogP contribution in [0.15, 0.2) is 10.7 Å². The van der Waals surface area contributed by atoms with Gasteiger partial charge in [0.2, 0.25) is 0 Å². The van der Waals surface area contributed by atoms with Gasteiger partial charge in [-0.15, -0.1) is 0 Å². The Morgan fingerprint density at radius 3 is 2.86 bits per heavy atom. The molecular weight excluding hydrogens is 252 g/mol. The first-order chi connectivity index (χ1) is 6.57. The number of halogens is 1. The van der Waals surface area contributed by atoms with Gasteiger partial charge in [0.1, 0.15) is 0 Å². The van der Waals surface area contributed by atoms with Crippen LogP contribution in [0.4, 0.5) is 5.69 Å². The molecule has 0 unspecified atom stereocenters. The second kappa shape index (κ2) is 4.36. The largest absolute Gasteiger partial charge is 0.473 e. The van der Waals surface area contributed by atoms with E-state index in [1.807, 2.05) is 0 Å². The normalized spacial score (nSPS) is 9.93. The van der Waals surface area contributed by atoms with E-state index in [-0.39, 0.29) is 11.6 Å². The molecule has 0 spiro atoms. The quantitative estimate of drug-likeness (QED) is 0.619. The van der Waals surface area contributed by atoms with E-state index in [1.54, 1.807) is 13.8 Å². The van der Waals surface area contributed by atoms with Gasteiger partial charge in [0.15, 0.2) is 0 Å². The summed E-state index contributed by atoms with van der Waals surface area (Å²) in [6.45, 7) is 3.75. The third-order valence-electron chi connectivity index (χ3n) is 1.67. The summed E-state index contributed by atoms with van der Waals surface area (Å²) in [5.41, 5.74) is 0.440. The van der Waals surface area contributed by atoms with Crippen molar-refractivity contribution < 1.29 is 9.66 Å². The van der Waals surface area contributed by atoms with Crippen molar-refractivity contribution in [3.05, 3.63) is 26.3 Å². The molecule has 0 amide bonds. The van der Waals surface area contributed by atoms with Crippen molar-refractivity contribution in [2.45, 2.75) is 13.8 Å². The zero-order chi connectivity index (χ0) is 10.7. The summed E-state index contributed by atoms with van der Waals surface area (Å²) in [6, 6.07) is 0. The zero-order valence-corrected chi connectivity index (χ0v) is 9.37. The van der Waals surface area contributed by atoms with Crippen LogP contribution in [0.25, 0.3) is 0 Å². The van der Waals surface area contributed by atoms with Crippen molar-refractivity contribution >= 4 is 21.6 Å². The van der Waals surface area contributed by atoms with Crippen molar-refractivity contribution in [3.63, 3.8) is 0 Å². The summed E-state index contributed by atoms with van der Waals surface area (Å²) in [5.74, 6) is 0.0678. The highest BCUT2D eigenvalue weighted by molar-refractivity contribution is 9.10. The molecular formula is C8H9BrN2O3. The van der Waals surface area contributed by atoms with Gasteiger partial charge in [-0.2, -0.15) is 0 Å². The van der Waals surface area contributed by atoms with Crippen LogP contribution in [0.3, 0.4) is 0 Å². The van der Waals surface area contributed by atoms with E-state index in [2.05, 4.69) is 20.9 Å². The van der Waals surface area contributed by atoms with E-state index in [0.717, 1.165) is 0 Å². The number of aromatic nitrogens is 1. The van der Waals surface area contributed by atoms with Crippen molar-refractivity contribution in [1.29, 1.82) is 0 Å². The van der Waals surface area contributed by atoms with Gasteiger partial charge in [-0.1, -0.05) is 0 Å². The summed E-state index contributed by atoms with van der Waals surface area (Å²) in [6.07, 6.45) is 1.49. The molecule has 0 aliphatic heterocycles. The van der Waals surface area contributed by atoms with Gasteiger partial charge < -0.3 is 4.74 Å². The molecule has 1 rings (SSSR count). The Balaban J connectivity index is 3.30. The number of rotatable bonds is 3. The first-order valence-electron chi connectivity index (χ1n) is 4.00. The number of hydrogen-bond donors (Lipinski definition) is 0. The highest BCUT2D eigenvalue weighted by Crippen LogP contribution is 2.32. The summed E-state index contributed by atoms with van der Waals surface area (Å²) < 4.78 is 5.66. The molecule has 0 aliphatic carbocycles. The van der Waals surface area contributed by atoms with Gasteiger partial charge in [-0.25, -0.2) is 4.98 Å². The maximum atomic E-state index is 10.7. The predicted octanol–water partition coefficient (Wildman–Crippen LogP) is 2.46. The van der Waals surface area contributed by atoms with Gasteiger partial charge in [-0.3, -0.25) is 10.1 Å². The lowest BCUT2D eigenvalue weighted by Crippen LogP contribution is -2.02. The van der Waals surface area contributed by atoms with Crippen LogP contribution in [0, 0.1) is 17.0 Å². The van der Waals surface area contributed by atoms with Crippen LogP contribution in [0.5, 0.6) is 5.88 Å². The molecule has 0 aromatic carbocycles. The van der Waals surface area contributed by atoms with Gasteiger partial charge in [0, 0.05) is 16.2 Å². The Morgan fingerprint density at radius 2 is 2.36 bits per heavy atom. The Kier molecular flexibility index (Phi) is 3.40. The van der Waals surface area contributed by atoms with Crippen LogP contribution >= 0.6 is 15.9 Å². The Labute approximate surface area is 89.4 Å². The van der Waals surface area contributed by atoms with E-state index in [4.69, 9.17) is 4.74 Å². The Hall–Kier alpha value is -1.17. The minimum Gasteiger partial charge on any atom is -0.473 e. The molecule has 0 radical (unpaired) electrons. The fourth-order valence-corrected chi connectivity index (χ4v) is 1.29. The molecule has 1 heterocycles. The Bertz CT molecular complexity index is 368. The fourth-order valence-electron chi connectivity index (χ4n) is 1.00. The lowest BCUT2D eigenvalue weighted by Gasteiger charge is -2.05. The monoisotopic (exact) mass is 260 g/mol. The van der Waals surface area contributed by atoms with Crippen LogP contribution < -0.4 is 4.74 Å². The highest BCUT2D eigenvalue weighted by atomic mass is 79.9. The maximum absolute atomic E-state index is 10.7. The number of ether oxygens (including phenoxy) is 1. The number of pyridine rings is 1. The molecule has 1 aromatic rings. The summed E-state index contributed by atoms with van der Waals surface area (Å²) in [5, 5.41) is 10.7. The van der Waals surface area contributed by atoms with Gasteiger partial charge in [0.05, 0.1) is 11.5 Å². The third-order valence-corrected chi connectivity index (χ3v) is 2.47. The average Bonchev–Trinajstić information content (AvgIpc) is 2.11. The van der Waals surface area contributed by atoms with Crippen molar-refractivity contribution in [3.8, 4) is 5.88 Å². The van der Waals surface area contributed by atoms with Gasteiger partial charge in [-0.05, 0) is 29.8 Å². The SMILES string of the molecule is CCOc1ncc(Br)c(C)c1[N+](=O)[O-]. The zero-order valence-electron chi connectivity index (χ0n) is 7.78. The van der Waals surface area contributed by atoms with Crippen molar-refractivity contribution in [2.75, 3.05) is 6.61 Å². The lowest BCUT2D eigenvalue weighted by molar-refractivity contribution is -0.386. The maximum Gasteiger partial charge on any atom is 0.334 e. The summed E-state index contributed by atoms with van der Waals surface area (Å²) >= 11 is 3.18. The van der Waals surface area contributed by atoms with Crippen molar-refractivity contribution in [2.24, 2.45) is 0 Å². The Morgan fingerprint density at radius 1 is 1.71 bits per heavy atom. The number of nitro groups is 1. The molecule has 5 nitrogen and oxygen atoms in total. The summed E-state index contributed by atoms with van der Waals surface area (Å²) in [7, 11) is 0. The van der Waals surface area contributed by atoms with Crippen LogP contribution in [0.2, 0.25) is 0 Å². The minimum absolute atomic E-state index is 0.0678. The number of hydrogen-bond acceptors (Lipinski definition) is 4. The second-order valence-electron chi connectivity index (χ2n) is 2.58. The first kappa shape index (κ1) is 10.9. The number of nitrogens with zero attached hydrogens (tertiary/aromatic N) is 2. The smallest absolute Gasteiger partial charge is 0.334 e. The molecule has 1 aromatic heterocycles. The molecule has 0 saturated heterocycles. The second-order valence-corrected chi connectivity index (χ2v) is 3.43. The molecule has 0 fully saturated rings. The van der Waals surface area contributed by atoms with E-state index in [0.29, 0.717) is 16.6 Å². The minimum atomic E-state index is -0.488. The van der Waals surface area contributed by atoms with Gasteiger partial charge in [0.25, 0.3) is 5.88 Å². The molecule has 0 atom stereocenters. The highest BCUT2D eigenvalue weighted by Gasteiger charge is 2.21. The van der Waals surface area contributed by atoms with Crippen LogP contribution in [-0.4, -0.2) is 16.5 Å². The first-order valence-corrected chi connectivity index (χ1v) is 4.79.